The van der Waals surface area contributed by atoms with Crippen LogP contribution in [0.25, 0.3) is 11.0 Å². The van der Waals surface area contributed by atoms with Gasteiger partial charge >= 0.3 is 0 Å². The van der Waals surface area contributed by atoms with Crippen LogP contribution < -0.4 is 5.32 Å². The molecule has 1 aromatic carbocycles. The largest absolute Gasteiger partial charge is 0.393 e. The lowest BCUT2D eigenvalue weighted by molar-refractivity contribution is 0.178. The van der Waals surface area contributed by atoms with Crippen LogP contribution in [0.15, 0.2) is 18.3 Å². The Morgan fingerprint density at radius 3 is 2.65 bits per heavy atom. The number of fused-ring (bicyclic) bond motifs is 1. The fraction of sp³-hybridized carbons (Fsp3) is 0.429. The van der Waals surface area contributed by atoms with Crippen molar-refractivity contribution in [3.05, 3.63) is 30.0 Å². The highest BCUT2D eigenvalue weighted by atomic mass is 19.2. The molecule has 3 rings (SSSR count). The van der Waals surface area contributed by atoms with Crippen LogP contribution in [0.2, 0.25) is 0 Å². The van der Waals surface area contributed by atoms with Crippen molar-refractivity contribution in [2.75, 3.05) is 11.9 Å². The van der Waals surface area contributed by atoms with Gasteiger partial charge in [0.15, 0.2) is 11.6 Å². The van der Waals surface area contributed by atoms with Gasteiger partial charge in [-0.05, 0) is 25.2 Å². The molecule has 0 aliphatic heterocycles. The van der Waals surface area contributed by atoms with Crippen LogP contribution >= 0.6 is 0 Å². The molecule has 6 heteroatoms. The van der Waals surface area contributed by atoms with Crippen LogP contribution in [0.4, 0.5) is 14.6 Å². The molecule has 20 heavy (non-hydrogen) atoms. The van der Waals surface area contributed by atoms with E-state index in [0.29, 0.717) is 29.3 Å². The first-order chi connectivity index (χ1) is 9.61. The summed E-state index contributed by atoms with van der Waals surface area (Å²) in [4.78, 5) is 8.28. The molecule has 0 radical (unpaired) electrons. The number of nitrogens with zero attached hydrogens (tertiary/aromatic N) is 2. The number of hydrogen-bond acceptors (Lipinski definition) is 4. The van der Waals surface area contributed by atoms with Gasteiger partial charge in [0.2, 0.25) is 0 Å². The maximum Gasteiger partial charge on any atom is 0.161 e. The van der Waals surface area contributed by atoms with Crippen LogP contribution in [0, 0.1) is 17.6 Å². The van der Waals surface area contributed by atoms with Crippen molar-refractivity contribution >= 4 is 16.9 Å². The average molecular weight is 279 g/mol. The van der Waals surface area contributed by atoms with E-state index in [2.05, 4.69) is 15.3 Å². The zero-order chi connectivity index (χ0) is 14.1. The van der Waals surface area contributed by atoms with E-state index in [9.17, 15) is 13.9 Å². The van der Waals surface area contributed by atoms with Crippen molar-refractivity contribution in [2.24, 2.45) is 5.92 Å². The molecule has 1 saturated carbocycles. The topological polar surface area (TPSA) is 58.0 Å². The summed E-state index contributed by atoms with van der Waals surface area (Å²) in [6.07, 6.45) is 3.90. The molecule has 2 unspecified atom stereocenters. The Balaban J connectivity index is 1.74. The van der Waals surface area contributed by atoms with Gasteiger partial charge in [0.1, 0.15) is 5.82 Å². The molecule has 0 spiro atoms. The van der Waals surface area contributed by atoms with Crippen molar-refractivity contribution in [3.8, 4) is 0 Å². The molecule has 0 bridgehead atoms. The lowest BCUT2D eigenvalue weighted by Gasteiger charge is -2.11. The monoisotopic (exact) mass is 279 g/mol. The summed E-state index contributed by atoms with van der Waals surface area (Å²) >= 11 is 0. The fourth-order valence-corrected chi connectivity index (χ4v) is 2.58. The number of aliphatic hydroxyl groups excluding tert-OH is 1. The van der Waals surface area contributed by atoms with E-state index in [-0.39, 0.29) is 6.10 Å². The molecule has 4 nitrogen and oxygen atoms in total. The molecule has 1 aromatic heterocycles. The van der Waals surface area contributed by atoms with Crippen LogP contribution in [-0.4, -0.2) is 27.7 Å². The van der Waals surface area contributed by atoms with Gasteiger partial charge < -0.3 is 10.4 Å². The smallest absolute Gasteiger partial charge is 0.161 e. The van der Waals surface area contributed by atoms with Crippen molar-refractivity contribution in [1.82, 2.24) is 9.97 Å². The molecule has 2 aromatic rings. The third kappa shape index (κ3) is 2.70. The van der Waals surface area contributed by atoms with Gasteiger partial charge in [-0.15, -0.1) is 0 Å². The van der Waals surface area contributed by atoms with E-state index >= 15 is 0 Å². The first kappa shape index (κ1) is 13.2. The molecule has 1 aliphatic rings. The third-order valence-corrected chi connectivity index (χ3v) is 3.67. The second kappa shape index (κ2) is 5.28. The van der Waals surface area contributed by atoms with E-state index in [0.717, 1.165) is 31.4 Å². The first-order valence-corrected chi connectivity index (χ1v) is 6.65. The molecule has 2 atom stereocenters. The molecule has 2 N–H and O–H groups in total. The minimum absolute atomic E-state index is 0.207. The van der Waals surface area contributed by atoms with Gasteiger partial charge in [0.05, 0.1) is 23.3 Å². The Kier molecular flexibility index (Phi) is 3.48. The summed E-state index contributed by atoms with van der Waals surface area (Å²) in [5.41, 5.74) is 0.645. The highest BCUT2D eigenvalue weighted by Gasteiger charge is 2.22. The maximum atomic E-state index is 13.2. The Labute approximate surface area is 114 Å². The van der Waals surface area contributed by atoms with Crippen molar-refractivity contribution in [2.45, 2.75) is 25.4 Å². The standard InChI is InChI=1S/C14H15F2N3O/c15-10-4-12-13(5-11(10)16)19-14(7-17-12)18-6-8-1-2-9(20)3-8/h4-5,7-9,20H,1-3,6H2,(H,18,19). The molecular weight excluding hydrogens is 264 g/mol. The second-order valence-corrected chi connectivity index (χ2v) is 5.22. The number of hydrogen-bond donors (Lipinski definition) is 2. The minimum atomic E-state index is -0.928. The van der Waals surface area contributed by atoms with Gasteiger partial charge in [-0.2, -0.15) is 0 Å². The lowest BCUT2D eigenvalue weighted by Crippen LogP contribution is -2.13. The van der Waals surface area contributed by atoms with Gasteiger partial charge in [-0.3, -0.25) is 4.98 Å². The van der Waals surface area contributed by atoms with E-state index in [1.165, 1.54) is 6.20 Å². The summed E-state index contributed by atoms with van der Waals surface area (Å²) in [6, 6.07) is 2.08. The van der Waals surface area contributed by atoms with E-state index in [4.69, 9.17) is 0 Å². The minimum Gasteiger partial charge on any atom is -0.393 e. The van der Waals surface area contributed by atoms with Crippen molar-refractivity contribution in [1.29, 1.82) is 0 Å². The third-order valence-electron chi connectivity index (χ3n) is 3.67. The number of benzene rings is 1. The zero-order valence-corrected chi connectivity index (χ0v) is 10.8. The molecule has 1 fully saturated rings. The predicted octanol–water partition coefficient (Wildman–Crippen LogP) is 2.48. The quantitative estimate of drug-likeness (QED) is 0.906. The van der Waals surface area contributed by atoms with Gasteiger partial charge in [0, 0.05) is 18.7 Å². The first-order valence-electron chi connectivity index (χ1n) is 6.65. The van der Waals surface area contributed by atoms with Crippen molar-refractivity contribution < 1.29 is 13.9 Å². The number of rotatable bonds is 3. The Morgan fingerprint density at radius 2 is 1.95 bits per heavy atom. The highest BCUT2D eigenvalue weighted by Crippen LogP contribution is 2.25. The fourth-order valence-electron chi connectivity index (χ4n) is 2.58. The normalized spacial score (nSPS) is 22.4. The van der Waals surface area contributed by atoms with E-state index in [1.807, 2.05) is 0 Å². The molecular formula is C14H15F2N3O. The van der Waals surface area contributed by atoms with E-state index in [1.54, 1.807) is 0 Å². The molecule has 106 valence electrons. The summed E-state index contributed by atoms with van der Waals surface area (Å²) in [5.74, 6) is -0.910. The lowest BCUT2D eigenvalue weighted by atomic mass is 10.1. The van der Waals surface area contributed by atoms with Crippen LogP contribution in [-0.2, 0) is 0 Å². The number of nitrogens with one attached hydrogen (secondary N) is 1. The van der Waals surface area contributed by atoms with E-state index < -0.39 is 11.6 Å². The summed E-state index contributed by atoms with van der Waals surface area (Å²) in [5, 5.41) is 12.6. The Bertz CT molecular complexity index is 635. The van der Waals surface area contributed by atoms with Crippen molar-refractivity contribution in [3.63, 3.8) is 0 Å². The summed E-state index contributed by atoms with van der Waals surface area (Å²) < 4.78 is 26.2. The van der Waals surface area contributed by atoms with Crippen LogP contribution in [0.5, 0.6) is 0 Å². The molecule has 1 heterocycles. The summed E-state index contributed by atoms with van der Waals surface area (Å²) in [6.45, 7) is 0.695. The Hall–Kier alpha value is -1.82. The zero-order valence-electron chi connectivity index (χ0n) is 10.8. The van der Waals surface area contributed by atoms with Gasteiger partial charge in [-0.1, -0.05) is 0 Å². The number of anilines is 1. The predicted molar refractivity (Wildman–Crippen MR) is 71.3 cm³/mol. The SMILES string of the molecule is OC1CCC(CNc2cnc3cc(F)c(F)cc3n2)C1. The molecule has 0 saturated heterocycles. The second-order valence-electron chi connectivity index (χ2n) is 5.22. The maximum absolute atomic E-state index is 13.2. The number of aliphatic hydroxyl groups is 1. The van der Waals surface area contributed by atoms with Crippen LogP contribution in [0.1, 0.15) is 19.3 Å². The summed E-state index contributed by atoms with van der Waals surface area (Å²) in [7, 11) is 0. The highest BCUT2D eigenvalue weighted by molar-refractivity contribution is 5.75. The van der Waals surface area contributed by atoms with Crippen LogP contribution in [0.3, 0.4) is 0 Å². The number of halogens is 2. The van der Waals surface area contributed by atoms with Gasteiger partial charge in [-0.25, -0.2) is 13.8 Å². The average Bonchev–Trinajstić information content (AvgIpc) is 2.84. The number of aromatic nitrogens is 2. The molecule has 0 amide bonds. The van der Waals surface area contributed by atoms with Gasteiger partial charge in [0.25, 0.3) is 0 Å². The Morgan fingerprint density at radius 1 is 1.20 bits per heavy atom. The molecule has 1 aliphatic carbocycles.